The lowest BCUT2D eigenvalue weighted by Gasteiger charge is -2.03. The van der Waals surface area contributed by atoms with Gasteiger partial charge in [-0.15, -0.1) is 11.3 Å². The number of para-hydroxylation sites is 1. The van der Waals surface area contributed by atoms with Gasteiger partial charge in [0.1, 0.15) is 11.5 Å². The highest BCUT2D eigenvalue weighted by Crippen LogP contribution is 2.31. The molecule has 0 aliphatic carbocycles. The van der Waals surface area contributed by atoms with E-state index in [1.807, 2.05) is 60.7 Å². The number of carbonyl (C=O) groups is 1. The van der Waals surface area contributed by atoms with Gasteiger partial charge in [-0.05, 0) is 54.6 Å². The third kappa shape index (κ3) is 3.93. The molecule has 3 aromatic heterocycles. The molecule has 1 amide bonds. The predicted molar refractivity (Wildman–Crippen MR) is 119 cm³/mol. The quantitative estimate of drug-likeness (QED) is 0.423. The van der Waals surface area contributed by atoms with E-state index in [9.17, 15) is 4.79 Å². The van der Waals surface area contributed by atoms with Gasteiger partial charge < -0.3 is 14.5 Å². The number of ether oxygens (including phenoxy) is 1. The largest absolute Gasteiger partial charge is 0.497 e. The summed E-state index contributed by atoms with van der Waals surface area (Å²) in [7, 11) is 1.62. The minimum Gasteiger partial charge on any atom is -0.497 e. The molecule has 0 aliphatic heterocycles. The van der Waals surface area contributed by atoms with Crippen molar-refractivity contribution in [3.05, 3.63) is 84.4 Å². The summed E-state index contributed by atoms with van der Waals surface area (Å²) in [5, 5.41) is 8.01. The number of rotatable bonds is 6. The van der Waals surface area contributed by atoms with Crippen LogP contribution in [0.25, 0.3) is 26.7 Å². The molecule has 31 heavy (non-hydrogen) atoms. The molecule has 0 fully saturated rings. The maximum Gasteiger partial charge on any atom is 0.272 e. The molecule has 0 saturated carbocycles. The first-order valence-electron chi connectivity index (χ1n) is 9.62. The second-order valence-electron chi connectivity index (χ2n) is 6.78. The molecular formula is C23H18N4O3S. The van der Waals surface area contributed by atoms with Crippen LogP contribution in [0.15, 0.2) is 77.3 Å². The van der Waals surface area contributed by atoms with Crippen molar-refractivity contribution in [1.29, 1.82) is 0 Å². The number of amides is 1. The van der Waals surface area contributed by atoms with E-state index in [1.54, 1.807) is 35.4 Å². The molecule has 8 heteroatoms. The smallest absolute Gasteiger partial charge is 0.272 e. The topological polar surface area (TPSA) is 82.2 Å². The van der Waals surface area contributed by atoms with Crippen molar-refractivity contribution in [2.45, 2.75) is 6.54 Å². The lowest BCUT2D eigenvalue weighted by molar-refractivity contribution is 0.0942. The lowest BCUT2D eigenvalue weighted by atomic mass is 10.3. The third-order valence-corrected chi connectivity index (χ3v) is 5.80. The Morgan fingerprint density at radius 2 is 1.94 bits per heavy atom. The summed E-state index contributed by atoms with van der Waals surface area (Å²) in [4.78, 5) is 17.1. The Bertz CT molecular complexity index is 1320. The third-order valence-electron chi connectivity index (χ3n) is 4.75. The van der Waals surface area contributed by atoms with Gasteiger partial charge in [-0.2, -0.15) is 5.10 Å². The molecule has 154 valence electrons. The maximum atomic E-state index is 12.5. The zero-order valence-corrected chi connectivity index (χ0v) is 17.4. The summed E-state index contributed by atoms with van der Waals surface area (Å²) >= 11 is 1.58. The Balaban J connectivity index is 1.24. The molecule has 3 heterocycles. The van der Waals surface area contributed by atoms with E-state index in [0.29, 0.717) is 17.2 Å². The summed E-state index contributed by atoms with van der Waals surface area (Å²) in [5.41, 5.74) is 2.11. The fraction of sp³-hybridized carbons (Fsp3) is 0.0870. The number of methoxy groups -OCH3 is 1. The molecule has 0 spiro atoms. The summed E-state index contributed by atoms with van der Waals surface area (Å²) in [6.45, 7) is 0.263. The summed E-state index contributed by atoms with van der Waals surface area (Å²) in [6, 6.07) is 20.8. The molecule has 0 unspecified atom stereocenters. The molecule has 0 bridgehead atoms. The average Bonchev–Trinajstić information content (AvgIpc) is 3.56. The Kier molecular flexibility index (Phi) is 4.97. The fourth-order valence-electron chi connectivity index (χ4n) is 3.15. The van der Waals surface area contributed by atoms with Crippen LogP contribution in [0.5, 0.6) is 5.75 Å². The first-order valence-corrected chi connectivity index (χ1v) is 10.4. The van der Waals surface area contributed by atoms with E-state index in [4.69, 9.17) is 9.15 Å². The second kappa shape index (κ2) is 8.08. The number of furan rings is 1. The van der Waals surface area contributed by atoms with Gasteiger partial charge in [0.15, 0.2) is 16.5 Å². The average molecular weight is 430 g/mol. The number of carbonyl (C=O) groups excluding carboxylic acids is 1. The van der Waals surface area contributed by atoms with Crippen molar-refractivity contribution in [3.8, 4) is 22.2 Å². The van der Waals surface area contributed by atoms with Crippen LogP contribution in [0.2, 0.25) is 0 Å². The van der Waals surface area contributed by atoms with E-state index in [1.165, 1.54) is 0 Å². The first-order chi connectivity index (χ1) is 15.2. The van der Waals surface area contributed by atoms with Crippen molar-refractivity contribution in [2.75, 3.05) is 7.11 Å². The monoisotopic (exact) mass is 430 g/mol. The summed E-state index contributed by atoms with van der Waals surface area (Å²) < 4.78 is 13.8. The number of nitrogens with zero attached hydrogens (tertiary/aromatic N) is 3. The lowest BCUT2D eigenvalue weighted by Crippen LogP contribution is -2.23. The summed E-state index contributed by atoms with van der Waals surface area (Å²) in [5.74, 6) is 1.83. The number of fused-ring (bicyclic) bond motifs is 1. The Hall–Kier alpha value is -3.91. The molecule has 7 nitrogen and oxygen atoms in total. The van der Waals surface area contributed by atoms with Crippen LogP contribution < -0.4 is 10.1 Å². The molecule has 5 aromatic rings. The molecule has 1 N–H and O–H groups in total. The maximum absolute atomic E-state index is 12.5. The van der Waals surface area contributed by atoms with Crippen LogP contribution in [0.3, 0.4) is 0 Å². The van der Waals surface area contributed by atoms with Gasteiger partial charge in [0, 0.05) is 6.20 Å². The highest BCUT2D eigenvalue weighted by molar-refractivity contribution is 7.21. The van der Waals surface area contributed by atoms with Gasteiger partial charge in [0.2, 0.25) is 0 Å². The molecule has 0 atom stereocenters. The summed E-state index contributed by atoms with van der Waals surface area (Å²) in [6.07, 6.45) is 1.74. The Morgan fingerprint density at radius 1 is 1.10 bits per heavy atom. The highest BCUT2D eigenvalue weighted by atomic mass is 32.1. The zero-order valence-electron chi connectivity index (χ0n) is 16.6. The van der Waals surface area contributed by atoms with Crippen LogP contribution in [0, 0.1) is 0 Å². The van der Waals surface area contributed by atoms with Gasteiger partial charge in [0.05, 0.1) is 29.6 Å². The standard InChI is InChI=1S/C23H18N4O3S/c1-29-16-8-6-15(7-9-16)27-13-12-19(26-27)22(28)24-14-17-10-11-20(30-17)23-25-18-4-2-3-5-21(18)31-23/h2-13H,14H2,1H3,(H,24,28). The van der Waals surface area contributed by atoms with Crippen LogP contribution in [0.1, 0.15) is 16.2 Å². The van der Waals surface area contributed by atoms with Crippen LogP contribution >= 0.6 is 11.3 Å². The van der Waals surface area contributed by atoms with Crippen molar-refractivity contribution in [2.24, 2.45) is 0 Å². The normalized spacial score (nSPS) is 11.0. The molecule has 0 saturated heterocycles. The van der Waals surface area contributed by atoms with Gasteiger partial charge in [-0.3, -0.25) is 4.79 Å². The van der Waals surface area contributed by atoms with Crippen molar-refractivity contribution in [3.63, 3.8) is 0 Å². The van der Waals surface area contributed by atoms with E-state index in [2.05, 4.69) is 15.4 Å². The van der Waals surface area contributed by atoms with E-state index in [0.717, 1.165) is 26.7 Å². The molecular weight excluding hydrogens is 412 g/mol. The predicted octanol–water partition coefficient (Wildman–Crippen LogP) is 4.68. The number of nitrogens with one attached hydrogen (secondary N) is 1. The zero-order chi connectivity index (χ0) is 21.2. The van der Waals surface area contributed by atoms with Crippen LogP contribution in [0.4, 0.5) is 0 Å². The first kappa shape index (κ1) is 19.1. The van der Waals surface area contributed by atoms with E-state index < -0.39 is 0 Å². The van der Waals surface area contributed by atoms with Crippen LogP contribution in [-0.2, 0) is 6.54 Å². The number of hydrogen-bond donors (Lipinski definition) is 1. The van der Waals surface area contributed by atoms with Crippen molar-refractivity contribution in [1.82, 2.24) is 20.1 Å². The minimum absolute atomic E-state index is 0.263. The van der Waals surface area contributed by atoms with Crippen molar-refractivity contribution < 1.29 is 13.9 Å². The molecule has 2 aromatic carbocycles. The Labute approximate surface area is 181 Å². The molecule has 0 aliphatic rings. The van der Waals surface area contributed by atoms with Gasteiger partial charge >= 0.3 is 0 Å². The number of hydrogen-bond acceptors (Lipinski definition) is 6. The number of thiazole rings is 1. The minimum atomic E-state index is -0.273. The fourth-order valence-corrected chi connectivity index (χ4v) is 4.07. The van der Waals surface area contributed by atoms with Gasteiger partial charge in [0.25, 0.3) is 5.91 Å². The second-order valence-corrected chi connectivity index (χ2v) is 7.81. The van der Waals surface area contributed by atoms with Crippen molar-refractivity contribution >= 4 is 27.5 Å². The van der Waals surface area contributed by atoms with Gasteiger partial charge in [-0.1, -0.05) is 12.1 Å². The van der Waals surface area contributed by atoms with E-state index in [-0.39, 0.29) is 12.5 Å². The molecule has 5 rings (SSSR count). The van der Waals surface area contributed by atoms with Gasteiger partial charge in [-0.25, -0.2) is 9.67 Å². The SMILES string of the molecule is COc1ccc(-n2ccc(C(=O)NCc3ccc(-c4nc5ccccc5s4)o3)n2)cc1. The number of benzene rings is 2. The Morgan fingerprint density at radius 3 is 2.74 bits per heavy atom. The highest BCUT2D eigenvalue weighted by Gasteiger charge is 2.13. The van der Waals surface area contributed by atoms with E-state index >= 15 is 0 Å². The molecule has 0 radical (unpaired) electrons. The number of aromatic nitrogens is 3. The van der Waals surface area contributed by atoms with Crippen LogP contribution in [-0.4, -0.2) is 27.8 Å².